The molecule has 3 heterocycles. The predicted molar refractivity (Wildman–Crippen MR) is 99.0 cm³/mol. The fourth-order valence-electron chi connectivity index (χ4n) is 3.95. The molecule has 1 aliphatic rings. The Balaban J connectivity index is 0.00000182. The molecule has 132 valence electrons. The van der Waals surface area contributed by atoms with E-state index in [1.807, 2.05) is 13.1 Å². The maximum Gasteiger partial charge on any atom is 0.106 e. The summed E-state index contributed by atoms with van der Waals surface area (Å²) < 4.78 is 3.65. The Morgan fingerprint density at radius 2 is 1.92 bits per heavy atom. The number of quaternary nitrogens is 1. The van der Waals surface area contributed by atoms with E-state index >= 15 is 0 Å². The van der Waals surface area contributed by atoms with Gasteiger partial charge in [0.15, 0.2) is 0 Å². The van der Waals surface area contributed by atoms with Crippen LogP contribution in [0, 0.1) is 6.92 Å². The van der Waals surface area contributed by atoms with Crippen LogP contribution in [0.25, 0.3) is 10.9 Å². The number of aromatic nitrogens is 2. The molecule has 0 saturated heterocycles. The molecule has 0 spiro atoms. The van der Waals surface area contributed by atoms with Crippen LogP contribution in [-0.4, -0.2) is 34.7 Å². The molecule has 1 aromatic carbocycles. The molecule has 25 heavy (non-hydrogen) atoms. The Morgan fingerprint density at radius 3 is 2.68 bits per heavy atom. The molecule has 0 atom stereocenters. The summed E-state index contributed by atoms with van der Waals surface area (Å²) in [5.41, 5.74) is 6.91. The van der Waals surface area contributed by atoms with Crippen LogP contribution in [0.3, 0.4) is 0 Å². The smallest absolute Gasteiger partial charge is 0.106 e. The number of hydrogen-bond acceptors (Lipinski definition) is 1. The minimum absolute atomic E-state index is 0. The number of likely N-dealkylation sites (N-methyl/N-ethyl adjacent to an activating group) is 1. The van der Waals surface area contributed by atoms with Gasteiger partial charge < -0.3 is 33.0 Å². The highest BCUT2D eigenvalue weighted by molar-refractivity contribution is 5.85. The van der Waals surface area contributed by atoms with Crippen LogP contribution >= 0.6 is 0 Å². The third kappa shape index (κ3) is 3.60. The van der Waals surface area contributed by atoms with Gasteiger partial charge in [-0.05, 0) is 31.0 Å². The van der Waals surface area contributed by atoms with Gasteiger partial charge in [0.1, 0.15) is 6.54 Å². The van der Waals surface area contributed by atoms with Crippen LogP contribution < -0.4 is 24.0 Å². The lowest BCUT2D eigenvalue weighted by molar-refractivity contribution is -0.905. The van der Waals surface area contributed by atoms with Crippen molar-refractivity contribution in [3.05, 3.63) is 65.1 Å². The second-order valence-corrected chi connectivity index (χ2v) is 7.72. The van der Waals surface area contributed by atoms with Gasteiger partial charge in [0.05, 0.1) is 20.6 Å². The molecule has 3 aromatic rings. The second-order valence-electron chi connectivity index (χ2n) is 7.72. The van der Waals surface area contributed by atoms with Crippen molar-refractivity contribution >= 4 is 10.9 Å². The minimum atomic E-state index is 0. The number of aryl methyl sites for hydroxylation is 3. The molecule has 0 fully saturated rings. The van der Waals surface area contributed by atoms with E-state index in [1.165, 1.54) is 29.4 Å². The van der Waals surface area contributed by atoms with E-state index in [2.05, 4.69) is 60.0 Å². The van der Waals surface area contributed by atoms with Crippen LogP contribution in [-0.2, 0) is 25.9 Å². The van der Waals surface area contributed by atoms with Crippen molar-refractivity contribution in [2.45, 2.75) is 32.9 Å². The molecule has 0 amide bonds. The lowest BCUT2D eigenvalue weighted by Gasteiger charge is -2.34. The maximum atomic E-state index is 4.44. The quantitative estimate of drug-likeness (QED) is 0.428. The van der Waals surface area contributed by atoms with Crippen LogP contribution in [0.2, 0.25) is 0 Å². The lowest BCUT2D eigenvalue weighted by atomic mass is 10.0. The van der Waals surface area contributed by atoms with Gasteiger partial charge in [0, 0.05) is 47.0 Å². The molecule has 3 nitrogen and oxygen atoms in total. The van der Waals surface area contributed by atoms with Crippen LogP contribution in [0.1, 0.15) is 22.5 Å². The number of benzene rings is 1. The Morgan fingerprint density at radius 1 is 1.12 bits per heavy atom. The van der Waals surface area contributed by atoms with Gasteiger partial charge in [-0.25, -0.2) is 0 Å². The first-order valence-electron chi connectivity index (χ1n) is 8.86. The van der Waals surface area contributed by atoms with Crippen LogP contribution in [0.15, 0.2) is 42.6 Å². The molecule has 0 aliphatic carbocycles. The molecule has 1 aliphatic heterocycles. The molecule has 0 bridgehead atoms. The summed E-state index contributed by atoms with van der Waals surface area (Å²) in [7, 11) is 4.68. The summed E-state index contributed by atoms with van der Waals surface area (Å²) in [5.74, 6) is 0. The Bertz CT molecular complexity index is 878. The number of fused-ring (bicyclic) bond motifs is 3. The summed E-state index contributed by atoms with van der Waals surface area (Å²) in [5, 5.41) is 1.44. The number of nitrogens with zero attached hydrogens (tertiary/aromatic N) is 3. The number of para-hydroxylation sites is 1. The Kier molecular flexibility index (Phi) is 5.21. The van der Waals surface area contributed by atoms with Crippen molar-refractivity contribution in [2.75, 3.05) is 20.6 Å². The van der Waals surface area contributed by atoms with E-state index in [4.69, 9.17) is 0 Å². The van der Waals surface area contributed by atoms with E-state index in [0.717, 1.165) is 29.7 Å². The third-order valence-electron chi connectivity index (χ3n) is 5.33. The maximum absolute atomic E-state index is 4.44. The van der Waals surface area contributed by atoms with Gasteiger partial charge in [-0.1, -0.05) is 24.3 Å². The highest BCUT2D eigenvalue weighted by Gasteiger charge is 2.29. The van der Waals surface area contributed by atoms with Crippen molar-refractivity contribution in [2.24, 2.45) is 0 Å². The monoisotopic (exact) mass is 447 g/mol. The number of hydrogen-bond donors (Lipinski definition) is 0. The summed E-state index contributed by atoms with van der Waals surface area (Å²) >= 11 is 0. The molecule has 2 aromatic heterocycles. The SMILES string of the molecule is Cc1ccc(CCn2c3c(c4ccccc42)C[N+](C)(C)CC3)cn1.[I-]. The van der Waals surface area contributed by atoms with Crippen molar-refractivity contribution in [3.63, 3.8) is 0 Å². The van der Waals surface area contributed by atoms with Crippen molar-refractivity contribution < 1.29 is 28.5 Å². The first-order valence-corrected chi connectivity index (χ1v) is 8.86. The van der Waals surface area contributed by atoms with Gasteiger partial charge in [-0.3, -0.25) is 4.98 Å². The molecular formula is C21H26IN3. The van der Waals surface area contributed by atoms with Crippen molar-refractivity contribution in [1.29, 1.82) is 0 Å². The molecule has 0 unspecified atom stereocenters. The number of halogens is 1. The number of pyridine rings is 1. The first-order chi connectivity index (χ1) is 11.5. The Labute approximate surface area is 167 Å². The summed E-state index contributed by atoms with van der Waals surface area (Å²) in [4.78, 5) is 4.44. The molecule has 0 saturated carbocycles. The minimum Gasteiger partial charge on any atom is -1.00 e. The molecule has 4 rings (SSSR count). The fourth-order valence-corrected chi connectivity index (χ4v) is 3.95. The normalized spacial score (nSPS) is 15.6. The van der Waals surface area contributed by atoms with Crippen molar-refractivity contribution in [1.82, 2.24) is 9.55 Å². The zero-order chi connectivity index (χ0) is 16.7. The largest absolute Gasteiger partial charge is 1.00 e. The van der Waals surface area contributed by atoms with E-state index in [0.29, 0.717) is 0 Å². The topological polar surface area (TPSA) is 17.8 Å². The van der Waals surface area contributed by atoms with Gasteiger partial charge in [0.2, 0.25) is 0 Å². The average molecular weight is 447 g/mol. The lowest BCUT2D eigenvalue weighted by Crippen LogP contribution is -3.00. The van der Waals surface area contributed by atoms with Gasteiger partial charge in [0.25, 0.3) is 0 Å². The zero-order valence-corrected chi connectivity index (χ0v) is 17.5. The van der Waals surface area contributed by atoms with Gasteiger partial charge in [-0.2, -0.15) is 0 Å². The Hall–Kier alpha value is -1.40. The first kappa shape index (κ1) is 18.4. The average Bonchev–Trinajstić information content (AvgIpc) is 2.87. The highest BCUT2D eigenvalue weighted by Crippen LogP contribution is 2.32. The highest BCUT2D eigenvalue weighted by atomic mass is 127. The fraction of sp³-hybridized carbons (Fsp3) is 0.381. The molecule has 0 radical (unpaired) electrons. The summed E-state index contributed by atoms with van der Waals surface area (Å²) in [6.07, 6.45) is 4.23. The van der Waals surface area contributed by atoms with Crippen LogP contribution in [0.5, 0.6) is 0 Å². The van der Waals surface area contributed by atoms with E-state index in [1.54, 1.807) is 11.3 Å². The van der Waals surface area contributed by atoms with E-state index in [-0.39, 0.29) is 24.0 Å². The van der Waals surface area contributed by atoms with E-state index in [9.17, 15) is 0 Å². The zero-order valence-electron chi connectivity index (χ0n) is 15.3. The predicted octanol–water partition coefficient (Wildman–Crippen LogP) is 0.724. The molecule has 0 N–H and O–H groups in total. The third-order valence-corrected chi connectivity index (χ3v) is 5.33. The van der Waals surface area contributed by atoms with Crippen molar-refractivity contribution in [3.8, 4) is 0 Å². The molecular weight excluding hydrogens is 421 g/mol. The van der Waals surface area contributed by atoms with Gasteiger partial charge >= 0.3 is 0 Å². The summed E-state index contributed by atoms with van der Waals surface area (Å²) in [6.45, 7) is 5.43. The summed E-state index contributed by atoms with van der Waals surface area (Å²) in [6, 6.07) is 13.2. The standard InChI is InChI=1S/C21H26N3.HI/c1-16-8-9-17(14-22-16)10-12-23-20-7-5-4-6-18(20)19-15-24(2,3)13-11-21(19)23;/h4-9,14H,10-13,15H2,1-3H3;1H/q+1;/p-1. The number of rotatable bonds is 3. The van der Waals surface area contributed by atoms with Crippen LogP contribution in [0.4, 0.5) is 0 Å². The van der Waals surface area contributed by atoms with E-state index < -0.39 is 0 Å². The molecule has 4 heteroatoms. The van der Waals surface area contributed by atoms with Gasteiger partial charge in [-0.15, -0.1) is 0 Å². The second kappa shape index (κ2) is 7.08.